The van der Waals surface area contributed by atoms with Crippen LogP contribution in [0.4, 0.5) is 14.5 Å². The first-order chi connectivity index (χ1) is 12.1. The van der Waals surface area contributed by atoms with Crippen molar-refractivity contribution in [3.8, 4) is 6.07 Å². The van der Waals surface area contributed by atoms with Crippen LogP contribution in [0.1, 0.15) is 28.8 Å². The largest absolute Gasteiger partial charge is 0.367 e. The number of carbonyl (C=O) groups excluding carboxylic acids is 1. The van der Waals surface area contributed by atoms with E-state index in [4.69, 9.17) is 5.26 Å². The molecule has 3 rings (SSSR count). The van der Waals surface area contributed by atoms with E-state index < -0.39 is 11.8 Å². The monoisotopic (exact) mass is 342 g/mol. The lowest BCUT2D eigenvalue weighted by molar-refractivity contribution is 0.0932. The summed E-state index contributed by atoms with van der Waals surface area (Å²) in [6.07, 6.45) is 2.78. The van der Waals surface area contributed by atoms with E-state index in [-0.39, 0.29) is 23.1 Å². The van der Waals surface area contributed by atoms with Crippen molar-refractivity contribution >= 4 is 11.6 Å². The highest BCUT2D eigenvalue weighted by Crippen LogP contribution is 2.24. The second-order valence-corrected chi connectivity index (χ2v) is 5.90. The summed E-state index contributed by atoms with van der Waals surface area (Å²) in [5, 5.41) is 11.7. The van der Waals surface area contributed by atoms with Gasteiger partial charge in [0.15, 0.2) is 0 Å². The summed E-state index contributed by atoms with van der Waals surface area (Å²) in [5.41, 5.74) is 0.880. The minimum absolute atomic E-state index is 0.174. The van der Waals surface area contributed by atoms with Crippen LogP contribution in [-0.2, 0) is 0 Å². The molecule has 5 nitrogen and oxygen atoms in total. The summed E-state index contributed by atoms with van der Waals surface area (Å²) in [6.45, 7) is 1.11. The van der Waals surface area contributed by atoms with Crippen LogP contribution in [0.5, 0.6) is 0 Å². The zero-order chi connectivity index (χ0) is 17.8. The number of aromatic nitrogens is 1. The molecular weight excluding hydrogens is 326 g/mol. The molecule has 1 unspecified atom stereocenters. The lowest BCUT2D eigenvalue weighted by atomic mass is 10.0. The number of halogens is 2. The molecule has 1 aromatic heterocycles. The molecule has 0 radical (unpaired) electrons. The minimum atomic E-state index is -0.711. The predicted molar refractivity (Wildman–Crippen MR) is 88.0 cm³/mol. The number of rotatable bonds is 3. The van der Waals surface area contributed by atoms with Gasteiger partial charge in [-0.15, -0.1) is 0 Å². The molecule has 0 saturated carbocycles. The quantitative estimate of drug-likeness (QED) is 0.871. The molecule has 128 valence electrons. The van der Waals surface area contributed by atoms with Crippen molar-refractivity contribution in [2.45, 2.75) is 18.9 Å². The molecule has 1 amide bonds. The molecule has 0 spiro atoms. The van der Waals surface area contributed by atoms with Gasteiger partial charge in [-0.3, -0.25) is 4.79 Å². The Bertz CT molecular complexity index is 834. The molecule has 1 aliphatic rings. The molecule has 1 saturated heterocycles. The van der Waals surface area contributed by atoms with Crippen LogP contribution in [0, 0.1) is 23.1 Å². The molecule has 1 aromatic carbocycles. The molecule has 7 heteroatoms. The summed E-state index contributed by atoms with van der Waals surface area (Å²) < 4.78 is 27.3. The summed E-state index contributed by atoms with van der Waals surface area (Å²) >= 11 is 0. The number of pyridine rings is 1. The lowest BCUT2D eigenvalue weighted by Crippen LogP contribution is -2.48. The van der Waals surface area contributed by atoms with Gasteiger partial charge in [0.1, 0.15) is 5.82 Å². The molecule has 1 atom stereocenters. The predicted octanol–water partition coefficient (Wildman–Crippen LogP) is 2.63. The SMILES string of the molecule is N#Cc1ccc(N2CCCC(NC(=O)c3ccnc(F)c3)C2)c(F)c1. The molecule has 0 bridgehead atoms. The van der Waals surface area contributed by atoms with E-state index in [1.54, 1.807) is 12.1 Å². The molecule has 0 aliphatic carbocycles. The van der Waals surface area contributed by atoms with Gasteiger partial charge in [-0.25, -0.2) is 9.37 Å². The van der Waals surface area contributed by atoms with Crippen LogP contribution in [0.2, 0.25) is 0 Å². The first kappa shape index (κ1) is 16.8. The van der Waals surface area contributed by atoms with Crippen molar-refractivity contribution in [3.05, 3.63) is 59.4 Å². The third-order valence-electron chi connectivity index (χ3n) is 4.16. The Morgan fingerprint density at radius 1 is 1.32 bits per heavy atom. The van der Waals surface area contributed by atoms with Crippen LogP contribution in [0.3, 0.4) is 0 Å². The Hall–Kier alpha value is -3.01. The molecule has 1 N–H and O–H groups in total. The van der Waals surface area contributed by atoms with Gasteiger partial charge in [-0.05, 0) is 37.1 Å². The smallest absolute Gasteiger partial charge is 0.251 e. The van der Waals surface area contributed by atoms with Crippen LogP contribution < -0.4 is 10.2 Å². The first-order valence-electron chi connectivity index (χ1n) is 7.94. The Morgan fingerprint density at radius 3 is 2.88 bits per heavy atom. The number of carbonyl (C=O) groups is 1. The van der Waals surface area contributed by atoms with Gasteiger partial charge in [-0.2, -0.15) is 9.65 Å². The number of benzene rings is 1. The van der Waals surface area contributed by atoms with Gasteiger partial charge in [0, 0.05) is 37.0 Å². The van der Waals surface area contributed by atoms with Crippen molar-refractivity contribution in [1.29, 1.82) is 5.26 Å². The Kier molecular flexibility index (Phi) is 4.89. The van der Waals surface area contributed by atoms with E-state index in [0.717, 1.165) is 18.9 Å². The Balaban J connectivity index is 1.69. The number of amides is 1. The molecule has 2 heterocycles. The topological polar surface area (TPSA) is 69.0 Å². The number of nitrogens with zero attached hydrogens (tertiary/aromatic N) is 3. The Morgan fingerprint density at radius 2 is 2.16 bits per heavy atom. The third kappa shape index (κ3) is 3.91. The van der Waals surface area contributed by atoms with Crippen molar-refractivity contribution in [1.82, 2.24) is 10.3 Å². The summed E-state index contributed by atoms with van der Waals surface area (Å²) in [6, 6.07) is 8.61. The first-order valence-corrected chi connectivity index (χ1v) is 7.94. The maximum absolute atomic E-state index is 14.2. The second-order valence-electron chi connectivity index (χ2n) is 5.90. The van der Waals surface area contributed by atoms with Gasteiger partial charge in [0.2, 0.25) is 5.95 Å². The fourth-order valence-electron chi connectivity index (χ4n) is 2.96. The number of nitriles is 1. The maximum Gasteiger partial charge on any atom is 0.251 e. The third-order valence-corrected chi connectivity index (χ3v) is 4.16. The highest BCUT2D eigenvalue weighted by Gasteiger charge is 2.24. The number of piperidine rings is 1. The second kappa shape index (κ2) is 7.26. The van der Waals surface area contributed by atoms with E-state index in [0.29, 0.717) is 18.8 Å². The van der Waals surface area contributed by atoms with Crippen LogP contribution in [0.25, 0.3) is 0 Å². The van der Waals surface area contributed by atoms with Gasteiger partial charge in [-0.1, -0.05) is 0 Å². The number of hydrogen-bond donors (Lipinski definition) is 1. The van der Waals surface area contributed by atoms with Crippen molar-refractivity contribution in [3.63, 3.8) is 0 Å². The fourth-order valence-corrected chi connectivity index (χ4v) is 2.96. The van der Waals surface area contributed by atoms with Gasteiger partial charge >= 0.3 is 0 Å². The zero-order valence-corrected chi connectivity index (χ0v) is 13.4. The Labute approximate surface area is 143 Å². The van der Waals surface area contributed by atoms with Crippen LogP contribution >= 0.6 is 0 Å². The van der Waals surface area contributed by atoms with E-state index >= 15 is 0 Å². The summed E-state index contributed by atoms with van der Waals surface area (Å²) in [4.78, 5) is 17.5. The molecule has 25 heavy (non-hydrogen) atoms. The molecule has 1 aliphatic heterocycles. The van der Waals surface area contributed by atoms with E-state index in [1.807, 2.05) is 11.0 Å². The summed E-state index contributed by atoms with van der Waals surface area (Å²) in [5.74, 6) is -1.55. The average molecular weight is 342 g/mol. The van der Waals surface area contributed by atoms with E-state index in [9.17, 15) is 13.6 Å². The summed E-state index contributed by atoms with van der Waals surface area (Å²) in [7, 11) is 0. The van der Waals surface area contributed by atoms with E-state index in [1.165, 1.54) is 18.3 Å². The fraction of sp³-hybridized carbons (Fsp3) is 0.278. The average Bonchev–Trinajstić information content (AvgIpc) is 2.61. The highest BCUT2D eigenvalue weighted by molar-refractivity contribution is 5.94. The van der Waals surface area contributed by atoms with Gasteiger partial charge in [0.25, 0.3) is 5.91 Å². The van der Waals surface area contributed by atoms with Crippen LogP contribution in [0.15, 0.2) is 36.5 Å². The number of anilines is 1. The number of hydrogen-bond acceptors (Lipinski definition) is 4. The van der Waals surface area contributed by atoms with E-state index in [2.05, 4.69) is 10.3 Å². The maximum atomic E-state index is 14.2. The minimum Gasteiger partial charge on any atom is -0.367 e. The van der Waals surface area contributed by atoms with Crippen molar-refractivity contribution < 1.29 is 13.6 Å². The number of nitrogens with one attached hydrogen (secondary N) is 1. The highest BCUT2D eigenvalue weighted by atomic mass is 19.1. The standard InChI is InChI=1S/C18H16F2N4O/c19-15-8-12(10-21)3-4-16(15)24-7-1-2-14(11-24)23-18(25)13-5-6-22-17(20)9-13/h3-6,8-9,14H,1-2,7,11H2,(H,23,25). The van der Waals surface area contributed by atoms with Crippen molar-refractivity contribution in [2.75, 3.05) is 18.0 Å². The molecular formula is C18H16F2N4O. The zero-order valence-electron chi connectivity index (χ0n) is 13.4. The molecule has 1 fully saturated rings. The van der Waals surface area contributed by atoms with Crippen molar-refractivity contribution in [2.24, 2.45) is 0 Å². The van der Waals surface area contributed by atoms with Crippen LogP contribution in [-0.4, -0.2) is 30.0 Å². The van der Waals surface area contributed by atoms with Gasteiger partial charge < -0.3 is 10.2 Å². The lowest BCUT2D eigenvalue weighted by Gasteiger charge is -2.35. The molecule has 2 aromatic rings. The normalized spacial score (nSPS) is 17.0. The van der Waals surface area contributed by atoms with Gasteiger partial charge in [0.05, 0.1) is 17.3 Å².